The van der Waals surface area contributed by atoms with Crippen molar-refractivity contribution in [1.29, 1.82) is 0 Å². The molecule has 0 bridgehead atoms. The highest BCUT2D eigenvalue weighted by atomic mass is 16.2. The maximum Gasteiger partial charge on any atom is 0.237 e. The summed E-state index contributed by atoms with van der Waals surface area (Å²) in [5.41, 5.74) is 0. The molecule has 0 saturated heterocycles. The van der Waals surface area contributed by atoms with Gasteiger partial charge in [0.25, 0.3) is 0 Å². The van der Waals surface area contributed by atoms with Crippen molar-refractivity contribution in [3.8, 4) is 0 Å². The van der Waals surface area contributed by atoms with E-state index < -0.39 is 0 Å². The molecule has 3 nitrogen and oxygen atoms in total. The van der Waals surface area contributed by atoms with Crippen LogP contribution in [-0.2, 0) is 4.79 Å². The summed E-state index contributed by atoms with van der Waals surface area (Å²) in [7, 11) is 0. The lowest BCUT2D eigenvalue weighted by Gasteiger charge is -2.29. The van der Waals surface area contributed by atoms with E-state index in [2.05, 4.69) is 17.6 Å². The Labute approximate surface area is 124 Å². The molecule has 2 rings (SSSR count). The van der Waals surface area contributed by atoms with Crippen LogP contribution in [0.15, 0.2) is 0 Å². The molecule has 1 amide bonds. The van der Waals surface area contributed by atoms with Gasteiger partial charge in [0.05, 0.1) is 6.04 Å². The van der Waals surface area contributed by atoms with Crippen molar-refractivity contribution < 1.29 is 4.79 Å². The van der Waals surface area contributed by atoms with Crippen molar-refractivity contribution in [2.24, 2.45) is 11.8 Å². The number of hydrogen-bond acceptors (Lipinski definition) is 2. The Morgan fingerprint density at radius 3 is 2.25 bits per heavy atom. The molecule has 0 aromatic heterocycles. The summed E-state index contributed by atoms with van der Waals surface area (Å²) in [4.78, 5) is 12.1. The van der Waals surface area contributed by atoms with Gasteiger partial charge in [0.15, 0.2) is 0 Å². The van der Waals surface area contributed by atoms with Crippen LogP contribution in [0.25, 0.3) is 0 Å². The molecular formula is C17H32N2O. The summed E-state index contributed by atoms with van der Waals surface area (Å²) in [6.07, 6.45) is 11.6. The predicted molar refractivity (Wildman–Crippen MR) is 83.6 cm³/mol. The summed E-state index contributed by atoms with van der Waals surface area (Å²) in [6.45, 7) is 5.32. The van der Waals surface area contributed by atoms with Crippen LogP contribution >= 0.6 is 0 Å². The van der Waals surface area contributed by atoms with Gasteiger partial charge in [0, 0.05) is 6.04 Å². The highest BCUT2D eigenvalue weighted by Gasteiger charge is 2.23. The highest BCUT2D eigenvalue weighted by molar-refractivity contribution is 5.81. The van der Waals surface area contributed by atoms with Gasteiger partial charge >= 0.3 is 0 Å². The first-order valence-corrected chi connectivity index (χ1v) is 8.72. The van der Waals surface area contributed by atoms with Crippen LogP contribution in [0.4, 0.5) is 0 Å². The molecule has 0 spiro atoms. The lowest BCUT2D eigenvalue weighted by molar-refractivity contribution is -0.123. The van der Waals surface area contributed by atoms with Crippen LogP contribution in [0.2, 0.25) is 0 Å². The first-order chi connectivity index (χ1) is 9.69. The monoisotopic (exact) mass is 280 g/mol. The second-order valence-corrected chi connectivity index (χ2v) is 6.91. The summed E-state index contributed by atoms with van der Waals surface area (Å²) in [6, 6.07) is 0.395. The zero-order valence-electron chi connectivity index (χ0n) is 13.3. The minimum absolute atomic E-state index is 0.0421. The summed E-state index contributed by atoms with van der Waals surface area (Å²) in [5.74, 6) is 1.92. The van der Waals surface area contributed by atoms with Crippen molar-refractivity contribution in [3.05, 3.63) is 0 Å². The van der Waals surface area contributed by atoms with E-state index in [9.17, 15) is 4.79 Å². The molecule has 2 fully saturated rings. The van der Waals surface area contributed by atoms with Crippen molar-refractivity contribution in [1.82, 2.24) is 10.6 Å². The Morgan fingerprint density at radius 1 is 1.05 bits per heavy atom. The van der Waals surface area contributed by atoms with E-state index in [1.807, 2.05) is 6.92 Å². The van der Waals surface area contributed by atoms with Crippen LogP contribution in [0.1, 0.15) is 71.6 Å². The molecule has 20 heavy (non-hydrogen) atoms. The first-order valence-electron chi connectivity index (χ1n) is 8.72. The third kappa shape index (κ3) is 4.76. The number of carbonyl (C=O) groups excluding carboxylic acids is 1. The molecule has 116 valence electrons. The number of hydrogen-bond donors (Lipinski definition) is 2. The Hall–Kier alpha value is -0.570. The molecule has 2 aliphatic rings. The summed E-state index contributed by atoms with van der Waals surface area (Å²) in [5, 5.41) is 6.63. The smallest absolute Gasteiger partial charge is 0.237 e. The first kappa shape index (κ1) is 15.8. The lowest BCUT2D eigenvalue weighted by atomic mass is 9.81. The van der Waals surface area contributed by atoms with Gasteiger partial charge in [-0.1, -0.05) is 39.0 Å². The maximum absolute atomic E-state index is 12.1. The van der Waals surface area contributed by atoms with Gasteiger partial charge in [-0.2, -0.15) is 0 Å². The molecule has 0 heterocycles. The molecule has 1 unspecified atom stereocenters. The maximum atomic E-state index is 12.1. The van der Waals surface area contributed by atoms with E-state index >= 15 is 0 Å². The fourth-order valence-electron chi connectivity index (χ4n) is 3.68. The van der Waals surface area contributed by atoms with Gasteiger partial charge in [0.1, 0.15) is 0 Å². The average molecular weight is 280 g/mol. The molecule has 3 heteroatoms. The van der Waals surface area contributed by atoms with E-state index in [1.165, 1.54) is 57.8 Å². The SMILES string of the molecule is CCC1CCC(CNC(C)C(=O)NC2CCCC2)CC1. The molecule has 1 atom stereocenters. The molecule has 2 aliphatic carbocycles. The van der Waals surface area contributed by atoms with E-state index in [0.29, 0.717) is 6.04 Å². The van der Waals surface area contributed by atoms with Crippen molar-refractivity contribution >= 4 is 5.91 Å². The van der Waals surface area contributed by atoms with E-state index in [-0.39, 0.29) is 11.9 Å². The number of carbonyl (C=O) groups is 1. The molecule has 0 aromatic rings. The van der Waals surface area contributed by atoms with Gasteiger partial charge < -0.3 is 10.6 Å². The highest BCUT2D eigenvalue weighted by Crippen LogP contribution is 2.30. The standard InChI is InChI=1S/C17H32N2O/c1-3-14-8-10-15(11-9-14)12-18-13(2)17(20)19-16-6-4-5-7-16/h13-16,18H,3-12H2,1-2H3,(H,19,20). The third-order valence-electron chi connectivity index (χ3n) is 5.35. The second-order valence-electron chi connectivity index (χ2n) is 6.91. The van der Waals surface area contributed by atoms with Crippen LogP contribution in [-0.4, -0.2) is 24.5 Å². The largest absolute Gasteiger partial charge is 0.352 e. The molecule has 2 saturated carbocycles. The van der Waals surface area contributed by atoms with Crippen LogP contribution < -0.4 is 10.6 Å². The lowest BCUT2D eigenvalue weighted by Crippen LogP contribution is -2.46. The Morgan fingerprint density at radius 2 is 1.65 bits per heavy atom. The average Bonchev–Trinajstić information content (AvgIpc) is 2.98. The molecule has 0 aromatic carbocycles. The predicted octanol–water partition coefficient (Wildman–Crippen LogP) is 3.24. The fraction of sp³-hybridized carbons (Fsp3) is 0.941. The number of amides is 1. The number of rotatable bonds is 6. The summed E-state index contributed by atoms with van der Waals surface area (Å²) < 4.78 is 0. The zero-order chi connectivity index (χ0) is 14.4. The van der Waals surface area contributed by atoms with Gasteiger partial charge in [0.2, 0.25) is 5.91 Å². The van der Waals surface area contributed by atoms with Gasteiger partial charge in [-0.05, 0) is 51.0 Å². The third-order valence-corrected chi connectivity index (χ3v) is 5.35. The normalized spacial score (nSPS) is 29.3. The zero-order valence-corrected chi connectivity index (χ0v) is 13.3. The minimum Gasteiger partial charge on any atom is -0.352 e. The van der Waals surface area contributed by atoms with Gasteiger partial charge in [-0.25, -0.2) is 0 Å². The molecule has 2 N–H and O–H groups in total. The van der Waals surface area contributed by atoms with E-state index in [1.54, 1.807) is 0 Å². The topological polar surface area (TPSA) is 41.1 Å². The minimum atomic E-state index is -0.0421. The number of nitrogens with one attached hydrogen (secondary N) is 2. The van der Waals surface area contributed by atoms with Gasteiger partial charge in [-0.3, -0.25) is 4.79 Å². The molecule has 0 radical (unpaired) electrons. The van der Waals surface area contributed by atoms with E-state index in [4.69, 9.17) is 0 Å². The van der Waals surface area contributed by atoms with Crippen LogP contribution in [0.3, 0.4) is 0 Å². The Kier molecular flexibility index (Phi) is 6.34. The quantitative estimate of drug-likeness (QED) is 0.784. The Balaban J connectivity index is 1.61. The van der Waals surface area contributed by atoms with Crippen LogP contribution in [0.5, 0.6) is 0 Å². The van der Waals surface area contributed by atoms with Crippen molar-refractivity contribution in [3.63, 3.8) is 0 Å². The summed E-state index contributed by atoms with van der Waals surface area (Å²) >= 11 is 0. The fourth-order valence-corrected chi connectivity index (χ4v) is 3.68. The van der Waals surface area contributed by atoms with Crippen molar-refractivity contribution in [2.45, 2.75) is 83.7 Å². The van der Waals surface area contributed by atoms with Crippen molar-refractivity contribution in [2.75, 3.05) is 6.54 Å². The van der Waals surface area contributed by atoms with Gasteiger partial charge in [-0.15, -0.1) is 0 Å². The van der Waals surface area contributed by atoms with E-state index in [0.717, 1.165) is 18.4 Å². The Bertz CT molecular complexity index is 291. The second kappa shape index (κ2) is 8.02. The molecular weight excluding hydrogens is 248 g/mol. The van der Waals surface area contributed by atoms with Crippen LogP contribution in [0, 0.1) is 11.8 Å². The molecule has 0 aliphatic heterocycles.